The lowest BCUT2D eigenvalue weighted by Gasteiger charge is -2.64. The molecule has 3 aromatic carbocycles. The van der Waals surface area contributed by atoms with Crippen LogP contribution in [0.1, 0.15) is 136 Å². The van der Waals surface area contributed by atoms with Gasteiger partial charge in [0.05, 0.1) is 36.3 Å². The second-order valence-corrected chi connectivity index (χ2v) is 25.2. The number of nitro benzene ring substituents is 1. The number of esters is 1. The number of ketones is 2. The molecule has 83 heavy (non-hydrogen) atoms. The maximum Gasteiger partial charge on any atom is 0.340 e. The fourth-order valence-corrected chi connectivity index (χ4v) is 16.9. The first-order chi connectivity index (χ1) is 39.6. The molecule has 18 nitrogen and oxygen atoms in total. The van der Waals surface area contributed by atoms with E-state index in [1.165, 1.54) is 36.3 Å². The second kappa shape index (κ2) is 21.6. The zero-order valence-corrected chi connectivity index (χ0v) is 49.2. The number of methoxy groups -OCH3 is 2. The molecule has 2 bridgehead atoms. The smallest absolute Gasteiger partial charge is 0.340 e. The molecular formula is C65H79N7O11. The molecule has 1 aliphatic carbocycles. The fourth-order valence-electron chi connectivity index (χ4n) is 16.9. The molecule has 2 saturated heterocycles. The predicted octanol–water partition coefficient (Wildman–Crippen LogP) is 7.74. The molecule has 1 aromatic heterocycles. The third-order valence-electron chi connectivity index (χ3n) is 20.9. The van der Waals surface area contributed by atoms with E-state index in [2.05, 4.69) is 70.8 Å². The highest BCUT2D eigenvalue weighted by Crippen LogP contribution is 2.69. The van der Waals surface area contributed by atoms with Crippen molar-refractivity contribution in [3.8, 4) is 5.75 Å². The third-order valence-corrected chi connectivity index (χ3v) is 20.9. The van der Waals surface area contributed by atoms with Gasteiger partial charge < -0.3 is 29.6 Å². The SMILES string of the molecule is CC[C@]1(O)C[C@H]2CN(CCc3c([nH]c4ccc(C(C)=NCC(=O)c5ccc(CC(=O)CCCCCN6C(=O)C=CC6=O)cc5[N+](=O)[O-])cc34)[C@@](C)(c3cc4c(cc3OC)N(C)[C@H]3[C@@](O)(C(=O)OC)[C@H](C)[C@]5(CC)C=CCN6CC[C@]43[C@@H]65)C2)C1. The number of nitrogens with zero attached hydrogens (tertiary/aromatic N) is 6. The number of unbranched alkanes of at least 4 members (excludes halogenated alkanes) is 2. The van der Waals surface area contributed by atoms with Gasteiger partial charge in [0.2, 0.25) is 0 Å². The van der Waals surface area contributed by atoms with Crippen LogP contribution in [0.2, 0.25) is 0 Å². The topological polar surface area (TPSA) is 229 Å². The number of carbonyl (C=O) groups is 5. The summed E-state index contributed by atoms with van der Waals surface area (Å²) >= 11 is 0. The van der Waals surface area contributed by atoms with E-state index < -0.39 is 61.8 Å². The standard InChI is InChI=1S/C65H79N7O11/c1-9-62(78)35-42-34-61(5,49-32-48-52(33-54(49)82-7)68(6)59-64(48)24-28-70-25-14-23-63(10-2,58(64)70)40(4)65(59,79)60(77)83-8)57-45(22-27-69(37-42)38-62)47-31-43(17-19-50(47)67-57)39(3)66-36-53(74)46-18-16-41(30-51(46)72(80)81)29-44(73)15-12-11-13-26-71-55(75)20-21-56(71)76/h14,16-21,23,30-33,40,42,58-59,67,78-79H,9-13,15,22,24-29,34-38H2,1-8H3/t40-,42+,58+,59-,61-,62+,63+,64-,65-/m1/s1. The van der Waals surface area contributed by atoms with Crippen LogP contribution in [-0.2, 0) is 47.6 Å². The lowest BCUT2D eigenvalue weighted by molar-refractivity contribution is -0.385. The highest BCUT2D eigenvalue weighted by atomic mass is 16.6. The van der Waals surface area contributed by atoms with Crippen LogP contribution >= 0.6 is 0 Å². The predicted molar refractivity (Wildman–Crippen MR) is 315 cm³/mol. The summed E-state index contributed by atoms with van der Waals surface area (Å²) in [5.41, 5.74) is 2.73. The number of Topliss-reactive ketones (excluding diaryl/α,β-unsaturated/α-hetero) is 2. The number of benzene rings is 3. The number of hydrogen-bond donors (Lipinski definition) is 3. The average Bonchev–Trinajstić information content (AvgIpc) is 1.75. The number of hydrogen-bond acceptors (Lipinski definition) is 15. The number of ether oxygens (including phenoxy) is 2. The van der Waals surface area contributed by atoms with E-state index in [4.69, 9.17) is 14.5 Å². The Kier molecular flexibility index (Phi) is 15.1. The fraction of sp³-hybridized carbons (Fsp3) is 0.538. The van der Waals surface area contributed by atoms with Gasteiger partial charge in [0.1, 0.15) is 18.1 Å². The van der Waals surface area contributed by atoms with Crippen LogP contribution in [0.3, 0.4) is 0 Å². The maximum absolute atomic E-state index is 14.4. The van der Waals surface area contributed by atoms with Crippen molar-refractivity contribution in [3.63, 3.8) is 0 Å². The van der Waals surface area contributed by atoms with Crippen LogP contribution in [0.5, 0.6) is 5.75 Å². The molecule has 440 valence electrons. The highest BCUT2D eigenvalue weighted by molar-refractivity contribution is 6.13. The number of rotatable bonds is 18. The summed E-state index contributed by atoms with van der Waals surface area (Å²) in [6.07, 6.45) is 13.0. The summed E-state index contributed by atoms with van der Waals surface area (Å²) in [5, 5.41) is 38.9. The molecule has 6 aliphatic heterocycles. The van der Waals surface area contributed by atoms with E-state index in [-0.39, 0.29) is 61.1 Å². The zero-order chi connectivity index (χ0) is 59.1. The van der Waals surface area contributed by atoms with Gasteiger partial charge in [-0.3, -0.25) is 49.0 Å². The molecule has 18 heteroatoms. The monoisotopic (exact) mass is 1130 g/mol. The number of aliphatic hydroxyl groups is 2. The summed E-state index contributed by atoms with van der Waals surface area (Å²) < 4.78 is 12.1. The lowest BCUT2D eigenvalue weighted by Crippen LogP contribution is -2.78. The van der Waals surface area contributed by atoms with Gasteiger partial charge in [-0.15, -0.1) is 0 Å². The minimum absolute atomic E-state index is 0.0120. The van der Waals surface area contributed by atoms with Crippen LogP contribution in [0.15, 0.2) is 77.8 Å². The minimum Gasteiger partial charge on any atom is -0.496 e. The van der Waals surface area contributed by atoms with E-state index in [0.717, 1.165) is 77.0 Å². The van der Waals surface area contributed by atoms with E-state index >= 15 is 0 Å². The van der Waals surface area contributed by atoms with E-state index in [1.54, 1.807) is 13.2 Å². The molecule has 10 atom stereocenters. The Balaban J connectivity index is 0.922. The van der Waals surface area contributed by atoms with Crippen molar-refractivity contribution in [1.82, 2.24) is 19.7 Å². The summed E-state index contributed by atoms with van der Waals surface area (Å²) in [7, 11) is 5.08. The van der Waals surface area contributed by atoms with Crippen molar-refractivity contribution in [2.45, 2.75) is 139 Å². The Morgan fingerprint density at radius 2 is 1.71 bits per heavy atom. The van der Waals surface area contributed by atoms with Crippen molar-refractivity contribution in [3.05, 3.63) is 122 Å². The van der Waals surface area contributed by atoms with Crippen LogP contribution in [-0.4, -0.2) is 160 Å². The number of imide groups is 1. The highest BCUT2D eigenvalue weighted by Gasteiger charge is 2.78. The maximum atomic E-state index is 14.4. The molecule has 4 aromatic rings. The number of amides is 2. The summed E-state index contributed by atoms with van der Waals surface area (Å²) in [4.78, 5) is 93.6. The number of aliphatic imine (C=N–C) groups is 1. The molecular weight excluding hydrogens is 1050 g/mol. The first-order valence-corrected chi connectivity index (χ1v) is 29.8. The minimum atomic E-state index is -1.85. The number of aromatic nitrogens is 1. The Bertz CT molecular complexity index is 3420. The van der Waals surface area contributed by atoms with Crippen molar-refractivity contribution in [2.24, 2.45) is 22.2 Å². The number of fused-ring (bicyclic) bond motifs is 6. The number of anilines is 1. The van der Waals surface area contributed by atoms with Gasteiger partial charge >= 0.3 is 5.97 Å². The van der Waals surface area contributed by atoms with Crippen LogP contribution in [0.4, 0.5) is 11.4 Å². The van der Waals surface area contributed by atoms with E-state index in [9.17, 15) is 44.3 Å². The van der Waals surface area contributed by atoms with Gasteiger partial charge in [0.15, 0.2) is 11.4 Å². The Labute approximate surface area is 485 Å². The second-order valence-electron chi connectivity index (χ2n) is 25.2. The Hall–Kier alpha value is -6.86. The normalized spacial score (nSPS) is 30.8. The quantitative estimate of drug-likeness (QED) is 0.0127. The molecule has 3 N–H and O–H groups in total. The average molecular weight is 1130 g/mol. The van der Waals surface area contributed by atoms with Gasteiger partial charge in [-0.1, -0.05) is 51.5 Å². The molecule has 7 aliphatic rings. The van der Waals surface area contributed by atoms with Crippen LogP contribution < -0.4 is 9.64 Å². The number of H-pyrrole nitrogens is 1. The van der Waals surface area contributed by atoms with E-state index in [0.29, 0.717) is 75.1 Å². The summed E-state index contributed by atoms with van der Waals surface area (Å²) in [5.74, 6) is -1.63. The van der Waals surface area contributed by atoms with Crippen molar-refractivity contribution in [1.29, 1.82) is 0 Å². The largest absolute Gasteiger partial charge is 0.496 e. The molecule has 2 amide bonds. The molecule has 1 saturated carbocycles. The first-order valence-electron chi connectivity index (χ1n) is 29.8. The Morgan fingerprint density at radius 1 is 0.940 bits per heavy atom. The number of carbonyl (C=O) groups excluding carboxylic acids is 5. The number of aromatic amines is 1. The van der Waals surface area contributed by atoms with Crippen LogP contribution in [0.25, 0.3) is 10.9 Å². The molecule has 1 unspecified atom stereocenters. The van der Waals surface area contributed by atoms with Gasteiger partial charge in [-0.2, -0.15) is 0 Å². The van der Waals surface area contributed by atoms with Gasteiger partial charge in [-0.05, 0) is 124 Å². The molecule has 1 spiro atoms. The van der Waals surface area contributed by atoms with Crippen molar-refractivity contribution < 1.29 is 48.6 Å². The van der Waals surface area contributed by atoms with Crippen LogP contribution in [0, 0.1) is 27.4 Å². The summed E-state index contributed by atoms with van der Waals surface area (Å²) in [6, 6.07) is 14.2. The Morgan fingerprint density at radius 3 is 2.42 bits per heavy atom. The number of nitrogens with one attached hydrogen (secondary N) is 1. The first kappa shape index (κ1) is 57.9. The lowest BCUT2D eigenvalue weighted by atomic mass is 9.45. The molecule has 11 rings (SSSR count). The van der Waals surface area contributed by atoms with Crippen molar-refractivity contribution in [2.75, 3.05) is 72.0 Å². The van der Waals surface area contributed by atoms with Gasteiger partial charge in [0, 0.05) is 139 Å². The molecule has 3 fully saturated rings. The van der Waals surface area contributed by atoms with Crippen molar-refractivity contribution >= 4 is 57.3 Å². The number of nitro groups is 1. The number of likely N-dealkylation sites (N-methyl/N-ethyl adjacent to an activating group) is 1. The van der Waals surface area contributed by atoms with Gasteiger partial charge in [-0.25, -0.2) is 4.79 Å². The molecule has 7 heterocycles. The molecule has 0 radical (unpaired) electrons. The van der Waals surface area contributed by atoms with Gasteiger partial charge in [0.25, 0.3) is 17.5 Å². The zero-order valence-electron chi connectivity index (χ0n) is 49.2. The third kappa shape index (κ3) is 9.28. The summed E-state index contributed by atoms with van der Waals surface area (Å²) in [6.45, 7) is 14.0. The number of piperidine rings is 1. The van der Waals surface area contributed by atoms with E-state index in [1.807, 2.05) is 33.0 Å².